The topological polar surface area (TPSA) is 95.9 Å². The molecule has 3 unspecified atom stereocenters. The molecule has 7 nitrogen and oxygen atoms in total. The van der Waals surface area contributed by atoms with Gasteiger partial charge in [-0.1, -0.05) is 55.3 Å². The second-order valence-electron chi connectivity index (χ2n) is 10.4. The molecule has 1 aliphatic carbocycles. The molecule has 3 aliphatic rings. The van der Waals surface area contributed by atoms with Crippen LogP contribution in [0.3, 0.4) is 0 Å². The zero-order valence-electron chi connectivity index (χ0n) is 20.5. The van der Waals surface area contributed by atoms with E-state index in [1.165, 1.54) is 0 Å². The van der Waals surface area contributed by atoms with E-state index in [0.717, 1.165) is 44.1 Å². The van der Waals surface area contributed by atoms with Gasteiger partial charge in [0.05, 0.1) is 30.0 Å². The molecular formula is C28H38N2O5. The Morgan fingerprint density at radius 3 is 2.49 bits per heavy atom. The number of rotatable bonds is 6. The maximum Gasteiger partial charge on any atom is 0.309 e. The zero-order chi connectivity index (χ0) is 24.7. The predicted molar refractivity (Wildman–Crippen MR) is 132 cm³/mol. The molecule has 2 aliphatic heterocycles. The van der Waals surface area contributed by atoms with Crippen molar-refractivity contribution in [2.75, 3.05) is 19.8 Å². The molecule has 2 heterocycles. The summed E-state index contributed by atoms with van der Waals surface area (Å²) in [7, 11) is 0. The molecular weight excluding hydrogens is 444 g/mol. The number of carbonyl (C=O) groups is 3. The Hall–Kier alpha value is -2.67. The minimum Gasteiger partial charge on any atom is -0.463 e. The van der Waals surface area contributed by atoms with Gasteiger partial charge in [-0.3, -0.25) is 14.4 Å². The van der Waals surface area contributed by atoms with Crippen molar-refractivity contribution in [2.45, 2.75) is 75.8 Å². The van der Waals surface area contributed by atoms with E-state index >= 15 is 0 Å². The molecule has 0 aromatic heterocycles. The maximum atomic E-state index is 13.5. The van der Waals surface area contributed by atoms with Crippen molar-refractivity contribution in [1.82, 2.24) is 10.2 Å². The lowest BCUT2D eigenvalue weighted by Crippen LogP contribution is -2.50. The lowest BCUT2D eigenvalue weighted by Gasteiger charge is -2.31. The number of fused-ring (bicyclic) bond motifs is 1. The Kier molecular flexibility index (Phi) is 8.60. The molecule has 2 N–H and O–H groups in total. The van der Waals surface area contributed by atoms with Gasteiger partial charge < -0.3 is 20.1 Å². The molecule has 0 bridgehead atoms. The summed E-state index contributed by atoms with van der Waals surface area (Å²) < 4.78 is 5.72. The van der Waals surface area contributed by atoms with Crippen molar-refractivity contribution in [3.8, 4) is 0 Å². The first-order valence-corrected chi connectivity index (χ1v) is 13.1. The van der Waals surface area contributed by atoms with E-state index in [-0.39, 0.29) is 49.4 Å². The fraction of sp³-hybridized carbons (Fsp3) is 0.607. The maximum absolute atomic E-state index is 13.5. The number of cyclic esters (lactones) is 1. The van der Waals surface area contributed by atoms with Crippen molar-refractivity contribution in [3.05, 3.63) is 48.0 Å². The lowest BCUT2D eigenvalue weighted by molar-refractivity contribution is -0.152. The monoisotopic (exact) mass is 482 g/mol. The molecule has 2 fully saturated rings. The normalized spacial score (nSPS) is 27.0. The van der Waals surface area contributed by atoms with Gasteiger partial charge >= 0.3 is 5.97 Å². The van der Waals surface area contributed by atoms with Gasteiger partial charge in [0.1, 0.15) is 6.61 Å². The summed E-state index contributed by atoms with van der Waals surface area (Å²) in [6.45, 7) is 0.753. The predicted octanol–water partition coefficient (Wildman–Crippen LogP) is 3.16. The summed E-state index contributed by atoms with van der Waals surface area (Å²) in [6, 6.07) is 9.79. The van der Waals surface area contributed by atoms with Crippen LogP contribution in [0.5, 0.6) is 0 Å². The van der Waals surface area contributed by atoms with Crippen LogP contribution in [-0.2, 0) is 25.5 Å². The minimum atomic E-state index is -0.545. The molecule has 35 heavy (non-hydrogen) atoms. The third-order valence-electron chi connectivity index (χ3n) is 7.79. The molecule has 1 saturated carbocycles. The zero-order valence-corrected chi connectivity index (χ0v) is 20.5. The van der Waals surface area contributed by atoms with Gasteiger partial charge in [0.25, 0.3) is 0 Å². The average molecular weight is 483 g/mol. The summed E-state index contributed by atoms with van der Waals surface area (Å²) in [5.41, 5.74) is 0.544. The van der Waals surface area contributed by atoms with Gasteiger partial charge in [-0.05, 0) is 50.5 Å². The van der Waals surface area contributed by atoms with Crippen LogP contribution >= 0.6 is 0 Å². The smallest absolute Gasteiger partial charge is 0.309 e. The van der Waals surface area contributed by atoms with E-state index in [0.29, 0.717) is 25.8 Å². The minimum absolute atomic E-state index is 0.0470. The van der Waals surface area contributed by atoms with Gasteiger partial charge in [-0.15, -0.1) is 0 Å². The second kappa shape index (κ2) is 11.8. The van der Waals surface area contributed by atoms with Crippen molar-refractivity contribution < 1.29 is 24.2 Å². The van der Waals surface area contributed by atoms with Gasteiger partial charge in [0.15, 0.2) is 0 Å². The molecule has 4 rings (SSSR count). The molecule has 2 amide bonds. The molecule has 7 heteroatoms. The largest absolute Gasteiger partial charge is 0.463 e. The molecule has 1 aromatic rings. The number of aliphatic hydroxyl groups excluding tert-OH is 1. The fourth-order valence-electron chi connectivity index (χ4n) is 5.73. The van der Waals surface area contributed by atoms with Crippen LogP contribution in [0.2, 0.25) is 0 Å². The first-order chi connectivity index (χ1) is 17.0. The van der Waals surface area contributed by atoms with Gasteiger partial charge in [0.2, 0.25) is 11.8 Å². The van der Waals surface area contributed by atoms with Gasteiger partial charge in [0, 0.05) is 13.0 Å². The number of aliphatic hydroxyl groups is 1. The molecule has 1 saturated heterocycles. The van der Waals surface area contributed by atoms with Gasteiger partial charge in [-0.2, -0.15) is 0 Å². The van der Waals surface area contributed by atoms with Gasteiger partial charge in [-0.25, -0.2) is 0 Å². The van der Waals surface area contributed by atoms with Crippen LogP contribution in [-0.4, -0.2) is 59.1 Å². The second-order valence-corrected chi connectivity index (χ2v) is 10.4. The van der Waals surface area contributed by atoms with Crippen LogP contribution in [0, 0.1) is 11.8 Å². The third-order valence-corrected chi connectivity index (χ3v) is 7.79. The molecule has 0 spiro atoms. The third kappa shape index (κ3) is 6.51. The number of amides is 2. The highest BCUT2D eigenvalue weighted by molar-refractivity contribution is 5.86. The van der Waals surface area contributed by atoms with Crippen LogP contribution in [0.15, 0.2) is 42.5 Å². The SMILES string of the molecule is O=C(CC1CC=CCC(Cc2ccccc2)C(=O)OCC2CCCN2C1=O)NC1(CO)CCCC1. The highest BCUT2D eigenvalue weighted by Gasteiger charge is 2.38. The number of esters is 1. The Morgan fingerprint density at radius 2 is 1.77 bits per heavy atom. The molecule has 3 atom stereocenters. The van der Waals surface area contributed by atoms with Crippen LogP contribution in [0.4, 0.5) is 0 Å². The fourth-order valence-corrected chi connectivity index (χ4v) is 5.73. The highest BCUT2D eigenvalue weighted by Crippen LogP contribution is 2.30. The molecule has 1 aromatic carbocycles. The standard InChI is InChI=1S/C28H38N2O5/c31-20-28(14-6-7-15-28)29-25(32)18-22-11-4-5-12-23(17-21-9-2-1-3-10-21)27(34)35-19-24-13-8-16-30(24)26(22)33/h1-5,9-10,22-24,31H,6-8,11-20H2,(H,29,32). The number of nitrogens with one attached hydrogen (secondary N) is 1. The first kappa shape index (κ1) is 25.4. The van der Waals surface area contributed by atoms with Crippen LogP contribution in [0.1, 0.15) is 63.4 Å². The number of hydrogen-bond donors (Lipinski definition) is 2. The van der Waals surface area contributed by atoms with Crippen LogP contribution < -0.4 is 5.32 Å². The summed E-state index contributed by atoms with van der Waals surface area (Å²) >= 11 is 0. The quantitative estimate of drug-likeness (QED) is 0.480. The Labute approximate surface area is 207 Å². The van der Waals surface area contributed by atoms with Crippen molar-refractivity contribution in [3.63, 3.8) is 0 Å². The summed E-state index contributed by atoms with van der Waals surface area (Å²) in [5, 5.41) is 12.9. The van der Waals surface area contributed by atoms with Crippen molar-refractivity contribution in [2.24, 2.45) is 11.8 Å². The van der Waals surface area contributed by atoms with E-state index in [4.69, 9.17) is 4.74 Å². The Bertz CT molecular complexity index is 909. The van der Waals surface area contributed by atoms with Crippen molar-refractivity contribution >= 4 is 17.8 Å². The number of allylic oxidation sites excluding steroid dienone is 2. The lowest BCUT2D eigenvalue weighted by atomic mass is 9.93. The van der Waals surface area contributed by atoms with Crippen LogP contribution in [0.25, 0.3) is 0 Å². The molecule has 190 valence electrons. The molecule has 0 radical (unpaired) electrons. The number of carbonyl (C=O) groups excluding carboxylic acids is 3. The van der Waals surface area contributed by atoms with E-state index in [1.807, 2.05) is 47.4 Å². The van der Waals surface area contributed by atoms with Crippen molar-refractivity contribution in [1.29, 1.82) is 0 Å². The Morgan fingerprint density at radius 1 is 1.06 bits per heavy atom. The highest BCUT2D eigenvalue weighted by atomic mass is 16.5. The number of hydrogen-bond acceptors (Lipinski definition) is 5. The number of ether oxygens (including phenoxy) is 1. The summed E-state index contributed by atoms with van der Waals surface area (Å²) in [5.74, 6) is -1.20. The van der Waals surface area contributed by atoms with E-state index in [2.05, 4.69) is 5.32 Å². The number of benzene rings is 1. The average Bonchev–Trinajstić information content (AvgIpc) is 3.53. The van der Waals surface area contributed by atoms with E-state index < -0.39 is 11.5 Å². The van der Waals surface area contributed by atoms with E-state index in [9.17, 15) is 19.5 Å². The van der Waals surface area contributed by atoms with E-state index in [1.54, 1.807) is 0 Å². The summed E-state index contributed by atoms with van der Waals surface area (Å²) in [6.07, 6.45) is 10.8. The Balaban J connectivity index is 1.47. The first-order valence-electron chi connectivity index (χ1n) is 13.1. The summed E-state index contributed by atoms with van der Waals surface area (Å²) in [4.78, 5) is 41.1. The number of nitrogens with zero attached hydrogens (tertiary/aromatic N) is 1.